The molecule has 0 bridgehead atoms. The van der Waals surface area contributed by atoms with Gasteiger partial charge in [-0.15, -0.1) is 0 Å². The summed E-state index contributed by atoms with van der Waals surface area (Å²) in [6, 6.07) is 12.4. The molecule has 0 atom stereocenters. The van der Waals surface area contributed by atoms with E-state index in [1.54, 1.807) is 23.1 Å². The van der Waals surface area contributed by atoms with Crippen LogP contribution in [0.25, 0.3) is 0 Å². The van der Waals surface area contributed by atoms with Crippen molar-refractivity contribution >= 4 is 17.5 Å². The Morgan fingerprint density at radius 1 is 1.10 bits per heavy atom. The zero-order valence-corrected chi connectivity index (χ0v) is 17.1. The van der Waals surface area contributed by atoms with Crippen molar-refractivity contribution in [1.82, 2.24) is 9.80 Å². The van der Waals surface area contributed by atoms with E-state index in [2.05, 4.69) is 5.32 Å². The highest BCUT2D eigenvalue weighted by Gasteiger charge is 2.23. The van der Waals surface area contributed by atoms with Gasteiger partial charge in [-0.25, -0.2) is 4.39 Å². The van der Waals surface area contributed by atoms with Gasteiger partial charge in [-0.2, -0.15) is 5.26 Å². The molecule has 2 aromatic carbocycles. The van der Waals surface area contributed by atoms with Crippen LogP contribution in [-0.4, -0.2) is 68.1 Å². The normalized spacial score (nSPS) is 13.9. The van der Waals surface area contributed by atoms with E-state index >= 15 is 0 Å². The van der Waals surface area contributed by atoms with Crippen LogP contribution in [0, 0.1) is 17.1 Å². The monoisotopic (exact) mass is 426 g/mol. The smallest absolute Gasteiger partial charge is 0.260 e. The van der Waals surface area contributed by atoms with E-state index in [-0.39, 0.29) is 30.8 Å². The third kappa shape index (κ3) is 6.17. The number of hydrogen-bond acceptors (Lipinski definition) is 6. The number of nitrogens with zero attached hydrogens (tertiary/aromatic N) is 3. The number of carbonyl (C=O) groups is 2. The lowest BCUT2D eigenvalue weighted by Gasteiger charge is -2.34. The third-order valence-electron chi connectivity index (χ3n) is 4.86. The highest BCUT2D eigenvalue weighted by atomic mass is 19.1. The number of nitriles is 1. The minimum atomic E-state index is -0.361. The van der Waals surface area contributed by atoms with E-state index in [4.69, 9.17) is 14.7 Å². The standard InChI is InChI=1S/C22H23FN4O4/c1-30-20-12-16(13-24)2-7-19(20)31-15-22(29)27-10-8-26(9-11-27)14-21(28)25-18-5-3-17(23)4-6-18/h2-7,12H,8-11,14-15H2,1H3,(H,25,28). The van der Waals surface area contributed by atoms with Gasteiger partial charge >= 0.3 is 0 Å². The minimum absolute atomic E-state index is 0.146. The number of hydrogen-bond donors (Lipinski definition) is 1. The molecule has 0 saturated carbocycles. The maximum absolute atomic E-state index is 12.9. The highest BCUT2D eigenvalue weighted by Crippen LogP contribution is 2.27. The number of nitrogens with one attached hydrogen (secondary N) is 1. The van der Waals surface area contributed by atoms with Crippen LogP contribution in [0.3, 0.4) is 0 Å². The van der Waals surface area contributed by atoms with Gasteiger partial charge in [0.2, 0.25) is 5.91 Å². The molecule has 3 rings (SSSR count). The van der Waals surface area contributed by atoms with Crippen molar-refractivity contribution in [2.75, 3.05) is 51.8 Å². The molecule has 2 amide bonds. The molecule has 0 aromatic heterocycles. The van der Waals surface area contributed by atoms with Crippen LogP contribution in [0.2, 0.25) is 0 Å². The van der Waals surface area contributed by atoms with Crippen LogP contribution >= 0.6 is 0 Å². The lowest BCUT2D eigenvalue weighted by molar-refractivity contribution is -0.135. The number of anilines is 1. The molecule has 0 radical (unpaired) electrons. The molecule has 1 aliphatic rings. The van der Waals surface area contributed by atoms with Gasteiger partial charge in [0, 0.05) is 37.9 Å². The van der Waals surface area contributed by atoms with Gasteiger partial charge in [0.15, 0.2) is 18.1 Å². The van der Waals surface area contributed by atoms with Crippen molar-refractivity contribution in [3.8, 4) is 17.6 Å². The first-order chi connectivity index (χ1) is 15.0. The number of halogens is 1. The summed E-state index contributed by atoms with van der Waals surface area (Å²) in [7, 11) is 1.47. The topological polar surface area (TPSA) is 94.9 Å². The molecule has 2 aromatic rings. The number of methoxy groups -OCH3 is 1. The first-order valence-electron chi connectivity index (χ1n) is 9.75. The van der Waals surface area contributed by atoms with Crippen LogP contribution in [0.1, 0.15) is 5.56 Å². The van der Waals surface area contributed by atoms with Crippen molar-refractivity contribution < 1.29 is 23.5 Å². The summed E-state index contributed by atoms with van der Waals surface area (Å²) in [6.07, 6.45) is 0. The lowest BCUT2D eigenvalue weighted by Crippen LogP contribution is -2.51. The van der Waals surface area contributed by atoms with E-state index in [0.717, 1.165) is 0 Å². The van der Waals surface area contributed by atoms with Gasteiger partial charge < -0.3 is 19.7 Å². The molecule has 1 heterocycles. The number of ether oxygens (including phenoxy) is 2. The summed E-state index contributed by atoms with van der Waals surface area (Å²) in [5, 5.41) is 11.7. The molecule has 0 spiro atoms. The molecular formula is C22H23FN4O4. The van der Waals surface area contributed by atoms with Crippen LogP contribution in [0.5, 0.6) is 11.5 Å². The Morgan fingerprint density at radius 3 is 2.45 bits per heavy atom. The molecule has 8 nitrogen and oxygen atoms in total. The zero-order chi connectivity index (χ0) is 22.2. The largest absolute Gasteiger partial charge is 0.493 e. The number of rotatable bonds is 7. The van der Waals surface area contributed by atoms with Gasteiger partial charge in [-0.1, -0.05) is 0 Å². The second kappa shape index (κ2) is 10.4. The molecular weight excluding hydrogens is 403 g/mol. The Kier molecular flexibility index (Phi) is 7.40. The summed E-state index contributed by atoms with van der Waals surface area (Å²) in [4.78, 5) is 28.3. The fourth-order valence-electron chi connectivity index (χ4n) is 3.18. The van der Waals surface area contributed by atoms with Crippen molar-refractivity contribution in [2.45, 2.75) is 0 Å². The summed E-state index contributed by atoms with van der Waals surface area (Å²) < 4.78 is 23.7. The maximum Gasteiger partial charge on any atom is 0.260 e. The van der Waals surface area contributed by atoms with E-state index in [9.17, 15) is 14.0 Å². The zero-order valence-electron chi connectivity index (χ0n) is 17.1. The molecule has 9 heteroatoms. The van der Waals surface area contributed by atoms with Gasteiger partial charge in [0.25, 0.3) is 5.91 Å². The predicted octanol–water partition coefficient (Wildman–Crippen LogP) is 1.87. The first-order valence-corrected chi connectivity index (χ1v) is 9.75. The average Bonchev–Trinajstić information content (AvgIpc) is 2.79. The summed E-state index contributed by atoms with van der Waals surface area (Å²) >= 11 is 0. The maximum atomic E-state index is 12.9. The van der Waals surface area contributed by atoms with E-state index < -0.39 is 0 Å². The molecule has 162 valence electrons. The first kappa shape index (κ1) is 22.1. The van der Waals surface area contributed by atoms with Crippen LogP contribution in [0.15, 0.2) is 42.5 Å². The molecule has 1 fully saturated rings. The van der Waals surface area contributed by atoms with Gasteiger partial charge in [0.05, 0.1) is 25.3 Å². The van der Waals surface area contributed by atoms with E-state index in [1.165, 1.54) is 31.4 Å². The van der Waals surface area contributed by atoms with Crippen LogP contribution in [0.4, 0.5) is 10.1 Å². The second-order valence-electron chi connectivity index (χ2n) is 6.98. The number of benzene rings is 2. The molecule has 0 aliphatic carbocycles. The third-order valence-corrected chi connectivity index (χ3v) is 4.86. The van der Waals surface area contributed by atoms with Gasteiger partial charge in [-0.3, -0.25) is 14.5 Å². The van der Waals surface area contributed by atoms with Crippen molar-refractivity contribution in [3.63, 3.8) is 0 Å². The molecule has 1 aliphatic heterocycles. The minimum Gasteiger partial charge on any atom is -0.493 e. The Balaban J connectivity index is 1.43. The van der Waals surface area contributed by atoms with Crippen LogP contribution < -0.4 is 14.8 Å². The Labute approximate surface area is 179 Å². The molecule has 1 N–H and O–H groups in total. The molecule has 31 heavy (non-hydrogen) atoms. The van der Waals surface area contributed by atoms with Gasteiger partial charge in [0.1, 0.15) is 5.82 Å². The second-order valence-corrected chi connectivity index (χ2v) is 6.98. The summed E-state index contributed by atoms with van der Waals surface area (Å²) in [5.41, 5.74) is 0.978. The predicted molar refractivity (Wildman–Crippen MR) is 111 cm³/mol. The molecule has 1 saturated heterocycles. The Hall–Kier alpha value is -3.64. The SMILES string of the molecule is COc1cc(C#N)ccc1OCC(=O)N1CCN(CC(=O)Nc2ccc(F)cc2)CC1. The quantitative estimate of drug-likeness (QED) is 0.726. The van der Waals surface area contributed by atoms with Crippen molar-refractivity contribution in [3.05, 3.63) is 53.8 Å². The average molecular weight is 426 g/mol. The highest BCUT2D eigenvalue weighted by molar-refractivity contribution is 5.92. The Bertz CT molecular complexity index is 966. The fourth-order valence-corrected chi connectivity index (χ4v) is 3.18. The number of amides is 2. The van der Waals surface area contributed by atoms with Gasteiger partial charge in [-0.05, 0) is 36.4 Å². The van der Waals surface area contributed by atoms with E-state index in [1.807, 2.05) is 11.0 Å². The van der Waals surface area contributed by atoms with Crippen LogP contribution in [-0.2, 0) is 9.59 Å². The van der Waals surface area contributed by atoms with Crippen molar-refractivity contribution in [1.29, 1.82) is 5.26 Å². The number of piperazine rings is 1. The van der Waals surface area contributed by atoms with Crippen molar-refractivity contribution in [2.24, 2.45) is 0 Å². The lowest BCUT2D eigenvalue weighted by atomic mass is 10.2. The number of carbonyl (C=O) groups excluding carboxylic acids is 2. The fraction of sp³-hybridized carbons (Fsp3) is 0.318. The van der Waals surface area contributed by atoms with E-state index in [0.29, 0.717) is 48.9 Å². The molecule has 0 unspecified atom stereocenters. The Morgan fingerprint density at radius 2 is 1.81 bits per heavy atom. The summed E-state index contributed by atoms with van der Waals surface area (Å²) in [5.74, 6) is 0.0691. The summed E-state index contributed by atoms with van der Waals surface area (Å²) in [6.45, 7) is 2.13.